The lowest BCUT2D eigenvalue weighted by atomic mass is 10.3. The molecule has 14 heavy (non-hydrogen) atoms. The minimum absolute atomic E-state index is 0.252. The van der Waals surface area contributed by atoms with E-state index in [0.717, 1.165) is 6.08 Å². The maximum absolute atomic E-state index is 11.9. The normalized spacial score (nSPS) is 21.4. The molecule has 1 amide bonds. The highest BCUT2D eigenvalue weighted by atomic mass is 19.4. The molecule has 0 aliphatic carbocycles. The Bertz CT molecular complexity index is 297. The fourth-order valence-corrected chi connectivity index (χ4v) is 1.11. The highest BCUT2D eigenvalue weighted by molar-refractivity contribution is 5.89. The molecule has 0 radical (unpaired) electrons. The second kappa shape index (κ2) is 3.32. The largest absolute Gasteiger partial charge is 0.479 e. The van der Waals surface area contributed by atoms with Crippen LogP contribution in [0.1, 0.15) is 0 Å². The first-order valence-electron chi connectivity index (χ1n) is 3.61. The molecule has 0 aromatic rings. The van der Waals surface area contributed by atoms with Crippen molar-refractivity contribution in [3.63, 3.8) is 0 Å². The molecule has 78 valence electrons. The number of halogens is 3. The molecule has 0 saturated heterocycles. The lowest BCUT2D eigenvalue weighted by Gasteiger charge is -2.22. The number of amides is 1. The van der Waals surface area contributed by atoms with Gasteiger partial charge in [-0.25, -0.2) is 4.79 Å². The molecule has 0 saturated carbocycles. The molecular formula is C7H6F3NO3. The fourth-order valence-electron chi connectivity index (χ4n) is 1.11. The average molecular weight is 209 g/mol. The van der Waals surface area contributed by atoms with Gasteiger partial charge in [-0.3, -0.25) is 4.79 Å². The van der Waals surface area contributed by atoms with E-state index in [9.17, 15) is 22.8 Å². The van der Waals surface area contributed by atoms with E-state index in [-0.39, 0.29) is 11.4 Å². The van der Waals surface area contributed by atoms with E-state index >= 15 is 0 Å². The second-order valence-electron chi connectivity index (χ2n) is 2.67. The summed E-state index contributed by atoms with van der Waals surface area (Å²) < 4.78 is 35.8. The molecule has 0 aromatic heterocycles. The highest BCUT2D eigenvalue weighted by Gasteiger charge is 2.46. The molecule has 1 heterocycles. The number of carbonyl (C=O) groups is 2. The van der Waals surface area contributed by atoms with Gasteiger partial charge in [0.25, 0.3) is 0 Å². The van der Waals surface area contributed by atoms with Crippen molar-refractivity contribution in [3.05, 3.63) is 12.2 Å². The molecular weight excluding hydrogens is 203 g/mol. The summed E-state index contributed by atoms with van der Waals surface area (Å²) in [5.41, 5.74) is 0. The molecule has 1 rings (SSSR count). The first kappa shape index (κ1) is 10.6. The van der Waals surface area contributed by atoms with Gasteiger partial charge in [0.15, 0.2) is 0 Å². The van der Waals surface area contributed by atoms with Gasteiger partial charge in [-0.05, 0) is 0 Å². The zero-order valence-electron chi connectivity index (χ0n) is 6.78. The molecule has 4 nitrogen and oxygen atoms in total. The summed E-state index contributed by atoms with van der Waals surface area (Å²) >= 11 is 0. The van der Waals surface area contributed by atoms with Crippen LogP contribution < -0.4 is 0 Å². The SMILES string of the molecule is O=C(O)C1C=CCN1C(=O)C(F)(F)F. The fraction of sp³-hybridized carbons (Fsp3) is 0.429. The minimum atomic E-state index is -5.03. The Hall–Kier alpha value is -1.53. The van der Waals surface area contributed by atoms with E-state index in [1.807, 2.05) is 0 Å². The topological polar surface area (TPSA) is 57.6 Å². The van der Waals surface area contributed by atoms with Crippen LogP contribution in [0, 0.1) is 0 Å². The third-order valence-corrected chi connectivity index (χ3v) is 1.71. The van der Waals surface area contributed by atoms with Crippen molar-refractivity contribution >= 4 is 11.9 Å². The molecule has 0 spiro atoms. The van der Waals surface area contributed by atoms with Gasteiger partial charge in [-0.2, -0.15) is 13.2 Å². The van der Waals surface area contributed by atoms with E-state index in [2.05, 4.69) is 0 Å². The van der Waals surface area contributed by atoms with Crippen molar-refractivity contribution in [1.82, 2.24) is 4.90 Å². The number of hydrogen-bond acceptors (Lipinski definition) is 2. The monoisotopic (exact) mass is 209 g/mol. The van der Waals surface area contributed by atoms with Crippen molar-refractivity contribution in [1.29, 1.82) is 0 Å². The van der Waals surface area contributed by atoms with Gasteiger partial charge >= 0.3 is 18.1 Å². The number of carboxylic acid groups (broad SMARTS) is 1. The molecule has 0 bridgehead atoms. The lowest BCUT2D eigenvalue weighted by Crippen LogP contribution is -2.47. The number of carbonyl (C=O) groups excluding carboxylic acids is 1. The van der Waals surface area contributed by atoms with Crippen LogP contribution in [0.4, 0.5) is 13.2 Å². The molecule has 1 atom stereocenters. The van der Waals surface area contributed by atoms with Gasteiger partial charge in [0.2, 0.25) is 0 Å². The number of aliphatic carboxylic acids is 1. The first-order valence-corrected chi connectivity index (χ1v) is 3.61. The number of alkyl halides is 3. The van der Waals surface area contributed by atoms with Crippen molar-refractivity contribution < 1.29 is 27.9 Å². The van der Waals surface area contributed by atoms with Crippen LogP contribution in [0.3, 0.4) is 0 Å². The lowest BCUT2D eigenvalue weighted by molar-refractivity contribution is -0.187. The Balaban J connectivity index is 2.80. The number of carboxylic acids is 1. The van der Waals surface area contributed by atoms with E-state index in [1.165, 1.54) is 6.08 Å². The highest BCUT2D eigenvalue weighted by Crippen LogP contribution is 2.22. The number of hydrogen-bond donors (Lipinski definition) is 1. The maximum Gasteiger partial charge on any atom is 0.471 e. The summed E-state index contributed by atoms with van der Waals surface area (Å²) in [5.74, 6) is -3.61. The number of nitrogens with zero attached hydrogens (tertiary/aromatic N) is 1. The van der Waals surface area contributed by atoms with Crippen LogP contribution in [0.5, 0.6) is 0 Å². The van der Waals surface area contributed by atoms with Crippen LogP contribution in [0.25, 0.3) is 0 Å². The summed E-state index contributed by atoms with van der Waals surface area (Å²) in [6.07, 6.45) is -2.77. The average Bonchev–Trinajstić information content (AvgIpc) is 2.48. The van der Waals surface area contributed by atoms with E-state index < -0.39 is 24.1 Å². The standard InChI is InChI=1S/C7H6F3NO3/c8-7(9,10)6(14)11-3-1-2-4(11)5(12)13/h1-2,4H,3H2,(H,12,13). The summed E-state index contributed by atoms with van der Waals surface area (Å²) in [5, 5.41) is 8.49. The summed E-state index contributed by atoms with van der Waals surface area (Å²) in [7, 11) is 0. The summed E-state index contributed by atoms with van der Waals surface area (Å²) in [6.45, 7) is -0.324. The van der Waals surface area contributed by atoms with E-state index in [0.29, 0.717) is 0 Å². The molecule has 0 aromatic carbocycles. The van der Waals surface area contributed by atoms with Crippen molar-refractivity contribution in [2.75, 3.05) is 6.54 Å². The molecule has 1 aliphatic heterocycles. The van der Waals surface area contributed by atoms with Crippen molar-refractivity contribution in [2.24, 2.45) is 0 Å². The predicted molar refractivity (Wildman–Crippen MR) is 38.3 cm³/mol. The van der Waals surface area contributed by atoms with Gasteiger partial charge in [-0.15, -0.1) is 0 Å². The quantitative estimate of drug-likeness (QED) is 0.636. The second-order valence-corrected chi connectivity index (χ2v) is 2.67. The Morgan fingerprint density at radius 2 is 2.00 bits per heavy atom. The Morgan fingerprint density at radius 1 is 1.43 bits per heavy atom. The Morgan fingerprint density at radius 3 is 2.43 bits per heavy atom. The third kappa shape index (κ3) is 1.86. The maximum atomic E-state index is 11.9. The molecule has 0 fully saturated rings. The van der Waals surface area contributed by atoms with Gasteiger partial charge in [0.05, 0.1) is 0 Å². The van der Waals surface area contributed by atoms with Crippen LogP contribution in [-0.4, -0.2) is 40.6 Å². The minimum Gasteiger partial charge on any atom is -0.479 e. The van der Waals surface area contributed by atoms with Crippen LogP contribution in [-0.2, 0) is 9.59 Å². The zero-order valence-corrected chi connectivity index (χ0v) is 6.78. The van der Waals surface area contributed by atoms with Crippen LogP contribution >= 0.6 is 0 Å². The molecule has 7 heteroatoms. The van der Waals surface area contributed by atoms with Gasteiger partial charge < -0.3 is 10.0 Å². The Kier molecular flexibility index (Phi) is 2.50. The summed E-state index contributed by atoms with van der Waals surface area (Å²) in [6, 6.07) is -1.51. The van der Waals surface area contributed by atoms with Crippen LogP contribution in [0.15, 0.2) is 12.2 Å². The Labute approximate surface area is 76.6 Å². The smallest absolute Gasteiger partial charge is 0.471 e. The first-order chi connectivity index (χ1) is 6.34. The van der Waals surface area contributed by atoms with Gasteiger partial charge in [0, 0.05) is 6.54 Å². The predicted octanol–water partition coefficient (Wildman–Crippen LogP) is 0.400. The summed E-state index contributed by atoms with van der Waals surface area (Å²) in [4.78, 5) is 21.4. The number of rotatable bonds is 1. The molecule has 1 unspecified atom stereocenters. The van der Waals surface area contributed by atoms with Crippen molar-refractivity contribution in [3.8, 4) is 0 Å². The molecule has 1 aliphatic rings. The van der Waals surface area contributed by atoms with Gasteiger partial charge in [0.1, 0.15) is 6.04 Å². The van der Waals surface area contributed by atoms with Crippen LogP contribution in [0.2, 0.25) is 0 Å². The zero-order chi connectivity index (χ0) is 10.9. The van der Waals surface area contributed by atoms with E-state index in [4.69, 9.17) is 5.11 Å². The third-order valence-electron chi connectivity index (χ3n) is 1.71. The van der Waals surface area contributed by atoms with Crippen molar-refractivity contribution in [2.45, 2.75) is 12.2 Å². The van der Waals surface area contributed by atoms with Gasteiger partial charge in [-0.1, -0.05) is 12.2 Å². The van der Waals surface area contributed by atoms with E-state index in [1.54, 1.807) is 0 Å². The molecule has 1 N–H and O–H groups in total.